The average molecular weight is 459 g/mol. The molecule has 0 fully saturated rings. The van der Waals surface area contributed by atoms with E-state index in [-0.39, 0.29) is 5.29 Å². The molecule has 0 heterocycles. The molecule has 3 aromatic carbocycles. The maximum atomic E-state index is 12.9. The van der Waals surface area contributed by atoms with Crippen LogP contribution in [0.3, 0.4) is 0 Å². The van der Waals surface area contributed by atoms with Crippen LogP contribution in [0.5, 0.6) is 0 Å². The number of carbonyl (C=O) groups is 4. The minimum absolute atomic E-state index is 0.0126. The number of nitrogens with zero attached hydrogens (tertiary/aromatic N) is 1. The van der Waals surface area contributed by atoms with Gasteiger partial charge in [-0.2, -0.15) is 5.26 Å². The molecule has 1 N–H and O–H groups in total. The van der Waals surface area contributed by atoms with Crippen molar-refractivity contribution in [3.63, 3.8) is 0 Å². The Hall–Kier alpha value is -4.07. The first-order chi connectivity index (χ1) is 15.8. The predicted molar refractivity (Wildman–Crippen MR) is 130 cm³/mol. The van der Waals surface area contributed by atoms with Gasteiger partial charge in [-0.15, -0.1) is 0 Å². The zero-order chi connectivity index (χ0) is 24.4. The Bertz CT molecular complexity index is 1140. The molecule has 0 aromatic heterocycles. The maximum absolute atomic E-state index is 12.9. The quantitative estimate of drug-likeness (QED) is 0.448. The fourth-order valence-electron chi connectivity index (χ4n) is 3.23. The van der Waals surface area contributed by atoms with E-state index in [1.165, 1.54) is 6.92 Å². The highest BCUT2D eigenvalue weighted by molar-refractivity contribution is 7.97. The summed E-state index contributed by atoms with van der Waals surface area (Å²) < 4.78 is 0. The number of hydrogen-bond donors (Lipinski definition) is 1. The van der Waals surface area contributed by atoms with Crippen molar-refractivity contribution in [1.29, 1.82) is 5.26 Å². The first-order valence-corrected chi connectivity index (χ1v) is 11.7. The van der Waals surface area contributed by atoms with Crippen molar-refractivity contribution in [3.8, 4) is 6.07 Å². The van der Waals surface area contributed by atoms with Crippen molar-refractivity contribution in [3.05, 3.63) is 91.0 Å². The number of nitriles is 1. The fraction of sp³-hybridized carbons (Fsp3) is 0.0769. The van der Waals surface area contributed by atoms with Gasteiger partial charge in [-0.3, -0.25) is 14.4 Å². The van der Waals surface area contributed by atoms with Gasteiger partial charge in [-0.05, 0) is 22.8 Å². The maximum Gasteiger partial charge on any atom is 0.371 e. The largest absolute Gasteiger partial charge is 0.476 e. The molecular weight excluding hydrogens is 437 g/mol. The molecule has 0 aliphatic heterocycles. The van der Waals surface area contributed by atoms with Gasteiger partial charge in [0.15, 0.2) is 0 Å². The van der Waals surface area contributed by atoms with Crippen LogP contribution in [0.25, 0.3) is 0 Å². The molecule has 3 aromatic rings. The van der Waals surface area contributed by atoms with Crippen LogP contribution in [0.2, 0.25) is 0 Å². The van der Waals surface area contributed by atoms with Crippen molar-refractivity contribution < 1.29 is 24.3 Å². The Kier molecular flexibility index (Phi) is 8.80. The molecule has 166 valence electrons. The number of carboxylic acids is 1. The number of carbonyl (C=O) groups excluding carboxylic acids is 3. The van der Waals surface area contributed by atoms with Crippen molar-refractivity contribution in [2.75, 3.05) is 0 Å². The molecule has 0 unspecified atom stereocenters. The topological polar surface area (TPSA) is 112 Å². The van der Waals surface area contributed by atoms with Crippen molar-refractivity contribution in [2.24, 2.45) is 0 Å². The Morgan fingerprint density at radius 3 is 1.18 bits per heavy atom. The summed E-state index contributed by atoms with van der Waals surface area (Å²) in [5, 5.41) is 20.3. The van der Waals surface area contributed by atoms with Crippen LogP contribution in [0.1, 0.15) is 13.8 Å². The SMILES string of the molecule is CC(=O)C(=O)C(C#N)=P(c1ccccc1)(c1ccccc1)c1ccccc1.CC(=O)C(=O)O. The van der Waals surface area contributed by atoms with E-state index in [1.807, 2.05) is 91.0 Å². The lowest BCUT2D eigenvalue weighted by Crippen LogP contribution is -2.34. The number of benzene rings is 3. The number of carboxylic acid groups (broad SMARTS) is 1. The highest BCUT2D eigenvalue weighted by atomic mass is 31.2. The lowest BCUT2D eigenvalue weighted by molar-refractivity contribution is -0.148. The van der Waals surface area contributed by atoms with E-state index in [1.54, 1.807) is 0 Å². The van der Waals surface area contributed by atoms with E-state index >= 15 is 0 Å². The lowest BCUT2D eigenvalue weighted by atomic mass is 10.2. The van der Waals surface area contributed by atoms with Gasteiger partial charge in [0.05, 0.1) is 0 Å². The number of Topliss-reactive ketones (excluding diaryl/α,β-unsaturated/α-hetero) is 3. The standard InChI is InChI=1S/C23H18NO2P.C3H4O3/c1-18(25)23(26)22(17-24)27(19-11-5-2-6-12-19,20-13-7-3-8-14-20)21-15-9-4-10-16-21;1-2(4)3(5)6/h2-16H,1H3;1H3,(H,5,6). The summed E-state index contributed by atoms with van der Waals surface area (Å²) in [6, 6.07) is 30.7. The van der Waals surface area contributed by atoms with Crippen molar-refractivity contribution >= 4 is 51.4 Å². The lowest BCUT2D eigenvalue weighted by Gasteiger charge is -2.29. The molecule has 7 heteroatoms. The first kappa shape index (κ1) is 25.2. The number of ketones is 3. The summed E-state index contributed by atoms with van der Waals surface area (Å²) in [6.45, 7) is -0.568. The average Bonchev–Trinajstić information content (AvgIpc) is 2.84. The number of hydrogen-bond acceptors (Lipinski definition) is 5. The molecule has 0 spiro atoms. The van der Waals surface area contributed by atoms with Gasteiger partial charge in [0.1, 0.15) is 11.4 Å². The van der Waals surface area contributed by atoms with Crippen LogP contribution in [0.4, 0.5) is 0 Å². The Balaban J connectivity index is 0.000000569. The molecule has 0 saturated heterocycles. The molecule has 0 aliphatic carbocycles. The highest BCUT2D eigenvalue weighted by Gasteiger charge is 2.34. The van der Waals surface area contributed by atoms with E-state index in [9.17, 15) is 24.4 Å². The Morgan fingerprint density at radius 2 is 0.970 bits per heavy atom. The molecule has 0 bridgehead atoms. The summed E-state index contributed by atoms with van der Waals surface area (Å²) in [5.41, 5.74) is 0. The minimum atomic E-state index is -2.79. The predicted octanol–water partition coefficient (Wildman–Crippen LogP) is 2.49. The van der Waals surface area contributed by atoms with Gasteiger partial charge in [0, 0.05) is 13.8 Å². The molecule has 0 aliphatic rings. The van der Waals surface area contributed by atoms with E-state index in [0.717, 1.165) is 22.8 Å². The summed E-state index contributed by atoms with van der Waals surface area (Å²) >= 11 is 0. The van der Waals surface area contributed by atoms with E-state index in [4.69, 9.17) is 5.11 Å². The van der Waals surface area contributed by atoms with Crippen LogP contribution >= 0.6 is 6.89 Å². The first-order valence-electron chi connectivity index (χ1n) is 9.89. The summed E-state index contributed by atoms with van der Waals surface area (Å²) in [7, 11) is 0. The van der Waals surface area contributed by atoms with Crippen LogP contribution in [0, 0.1) is 11.3 Å². The van der Waals surface area contributed by atoms with E-state index in [2.05, 4.69) is 6.07 Å². The minimum Gasteiger partial charge on any atom is -0.476 e. The fourth-order valence-corrected chi connectivity index (χ4v) is 7.37. The molecule has 33 heavy (non-hydrogen) atoms. The third-order valence-corrected chi connectivity index (χ3v) is 8.90. The van der Waals surface area contributed by atoms with Gasteiger partial charge in [-0.1, -0.05) is 91.0 Å². The van der Waals surface area contributed by atoms with Crippen LogP contribution in [-0.2, 0) is 19.2 Å². The third-order valence-electron chi connectivity index (χ3n) is 4.71. The second-order valence-electron chi connectivity index (χ2n) is 6.88. The second kappa shape index (κ2) is 11.5. The van der Waals surface area contributed by atoms with Crippen LogP contribution in [-0.4, -0.2) is 33.7 Å². The Morgan fingerprint density at radius 1 is 0.667 bits per heavy atom. The van der Waals surface area contributed by atoms with E-state index < -0.39 is 30.2 Å². The Labute approximate surface area is 192 Å². The molecule has 6 nitrogen and oxygen atoms in total. The number of aliphatic carboxylic acids is 1. The molecule has 0 atom stereocenters. The zero-order valence-electron chi connectivity index (χ0n) is 18.1. The second-order valence-corrected chi connectivity index (χ2v) is 10.2. The highest BCUT2D eigenvalue weighted by Crippen LogP contribution is 2.46. The van der Waals surface area contributed by atoms with Gasteiger partial charge in [0.25, 0.3) is 0 Å². The van der Waals surface area contributed by atoms with Gasteiger partial charge < -0.3 is 5.11 Å². The third kappa shape index (κ3) is 5.60. The molecule has 0 radical (unpaired) electrons. The summed E-state index contributed by atoms with van der Waals surface area (Å²) in [5.74, 6) is -3.55. The molecule has 0 saturated carbocycles. The normalized spacial score (nSPS) is 10.1. The molecule has 3 rings (SSSR count). The summed E-state index contributed by atoms with van der Waals surface area (Å²) in [6.07, 6.45) is 0. The summed E-state index contributed by atoms with van der Waals surface area (Å²) in [4.78, 5) is 43.7. The van der Waals surface area contributed by atoms with Gasteiger partial charge in [0.2, 0.25) is 17.3 Å². The van der Waals surface area contributed by atoms with E-state index in [0.29, 0.717) is 0 Å². The van der Waals surface area contributed by atoms with Crippen molar-refractivity contribution in [2.45, 2.75) is 13.8 Å². The molecule has 0 amide bonds. The van der Waals surface area contributed by atoms with Crippen molar-refractivity contribution in [1.82, 2.24) is 0 Å². The van der Waals surface area contributed by atoms with Crippen LogP contribution < -0.4 is 15.9 Å². The number of rotatable bonds is 6. The smallest absolute Gasteiger partial charge is 0.371 e. The van der Waals surface area contributed by atoms with Gasteiger partial charge >= 0.3 is 5.97 Å². The van der Waals surface area contributed by atoms with Crippen LogP contribution in [0.15, 0.2) is 91.0 Å². The van der Waals surface area contributed by atoms with Gasteiger partial charge in [-0.25, -0.2) is 4.79 Å². The molecular formula is C26H22NO5P. The monoisotopic (exact) mass is 459 g/mol. The zero-order valence-corrected chi connectivity index (χ0v) is 19.0.